The third kappa shape index (κ3) is 2.53. The lowest BCUT2D eigenvalue weighted by Crippen LogP contribution is -2.41. The Labute approximate surface area is 89.9 Å². The van der Waals surface area contributed by atoms with Crippen LogP contribution < -0.4 is 5.32 Å². The van der Waals surface area contributed by atoms with Crippen molar-refractivity contribution in [2.45, 2.75) is 38.8 Å². The molecule has 0 bridgehead atoms. The van der Waals surface area contributed by atoms with Gasteiger partial charge in [0.15, 0.2) is 0 Å². The van der Waals surface area contributed by atoms with Crippen LogP contribution in [0.25, 0.3) is 0 Å². The zero-order valence-corrected chi connectivity index (χ0v) is 9.20. The molecule has 0 saturated heterocycles. The number of halogens is 1. The molecule has 82 valence electrons. The van der Waals surface area contributed by atoms with E-state index in [9.17, 15) is 4.39 Å². The normalized spacial score (nSPS) is 27.1. The number of nitrogens with zero attached hydrogens (tertiary/aromatic N) is 1. The van der Waals surface area contributed by atoms with Crippen molar-refractivity contribution in [2.24, 2.45) is 5.92 Å². The Balaban J connectivity index is 1.90. The second kappa shape index (κ2) is 4.27. The van der Waals surface area contributed by atoms with Crippen molar-refractivity contribution in [1.29, 1.82) is 0 Å². The van der Waals surface area contributed by atoms with Crippen LogP contribution in [-0.2, 0) is 0 Å². The summed E-state index contributed by atoms with van der Waals surface area (Å²) in [6, 6.07) is 4.03. The molecule has 3 heteroatoms. The second-order valence-corrected chi connectivity index (χ2v) is 4.56. The number of rotatable bonds is 3. The molecule has 1 N–H and O–H groups in total. The first kappa shape index (κ1) is 10.6. The van der Waals surface area contributed by atoms with Gasteiger partial charge in [0, 0.05) is 12.1 Å². The van der Waals surface area contributed by atoms with E-state index in [0.29, 0.717) is 6.04 Å². The maximum absolute atomic E-state index is 12.7. The summed E-state index contributed by atoms with van der Waals surface area (Å²) in [4.78, 5) is 4.07. The van der Waals surface area contributed by atoms with Gasteiger partial charge >= 0.3 is 0 Å². The van der Waals surface area contributed by atoms with Crippen LogP contribution in [0.15, 0.2) is 18.3 Å². The van der Waals surface area contributed by atoms with Crippen molar-refractivity contribution in [3.63, 3.8) is 0 Å². The van der Waals surface area contributed by atoms with E-state index >= 15 is 0 Å². The van der Waals surface area contributed by atoms with Crippen LogP contribution in [0.5, 0.6) is 0 Å². The molecule has 0 aromatic carbocycles. The lowest BCUT2D eigenvalue weighted by Gasteiger charge is -2.35. The first-order valence-electron chi connectivity index (χ1n) is 5.52. The first-order chi connectivity index (χ1) is 7.15. The highest BCUT2D eigenvalue weighted by Gasteiger charge is 2.26. The molecular weight excluding hydrogens is 191 g/mol. The molecule has 1 aliphatic carbocycles. The Hall–Kier alpha value is -0.960. The highest BCUT2D eigenvalue weighted by molar-refractivity contribution is 5.09. The maximum Gasteiger partial charge on any atom is 0.141 e. The molecule has 2 rings (SSSR count). The molecule has 0 amide bonds. The zero-order valence-electron chi connectivity index (χ0n) is 9.20. The molecule has 1 aromatic heterocycles. The molecule has 15 heavy (non-hydrogen) atoms. The number of nitrogens with one attached hydrogen (secondary N) is 1. The largest absolute Gasteiger partial charge is 0.306 e. The molecule has 1 saturated carbocycles. The standard InChI is InChI=1S/C12H17FN2/c1-8-5-11(6-8)15-9(2)12-4-3-10(13)7-14-12/h3-4,7-9,11,15H,5-6H2,1-2H3. The lowest BCUT2D eigenvalue weighted by molar-refractivity contribution is 0.225. The van der Waals surface area contributed by atoms with Crippen LogP contribution in [0, 0.1) is 11.7 Å². The monoisotopic (exact) mass is 208 g/mol. The summed E-state index contributed by atoms with van der Waals surface area (Å²) in [5.41, 5.74) is 0.913. The van der Waals surface area contributed by atoms with Gasteiger partial charge in [-0.15, -0.1) is 0 Å². The summed E-state index contributed by atoms with van der Waals surface area (Å²) in [6.45, 7) is 4.34. The molecule has 0 radical (unpaired) electrons. The Kier molecular flexibility index (Phi) is 3.00. The highest BCUT2D eigenvalue weighted by Crippen LogP contribution is 2.28. The van der Waals surface area contributed by atoms with E-state index in [1.165, 1.54) is 25.1 Å². The predicted molar refractivity (Wildman–Crippen MR) is 57.9 cm³/mol. The van der Waals surface area contributed by atoms with Crippen LogP contribution in [0.2, 0.25) is 0 Å². The minimum Gasteiger partial charge on any atom is -0.306 e. The Morgan fingerprint density at radius 1 is 1.47 bits per heavy atom. The van der Waals surface area contributed by atoms with Crippen LogP contribution in [0.1, 0.15) is 38.4 Å². The van der Waals surface area contributed by atoms with Crippen molar-refractivity contribution in [3.05, 3.63) is 29.8 Å². The quantitative estimate of drug-likeness (QED) is 0.826. The molecule has 1 atom stereocenters. The van der Waals surface area contributed by atoms with Crippen molar-refractivity contribution < 1.29 is 4.39 Å². The van der Waals surface area contributed by atoms with Crippen LogP contribution in [-0.4, -0.2) is 11.0 Å². The zero-order chi connectivity index (χ0) is 10.8. The Morgan fingerprint density at radius 2 is 2.20 bits per heavy atom. The fraction of sp³-hybridized carbons (Fsp3) is 0.583. The predicted octanol–water partition coefficient (Wildman–Crippen LogP) is 2.67. The number of hydrogen-bond donors (Lipinski definition) is 1. The summed E-state index contributed by atoms with van der Waals surface area (Å²) >= 11 is 0. The van der Waals surface area contributed by atoms with Crippen LogP contribution >= 0.6 is 0 Å². The smallest absolute Gasteiger partial charge is 0.141 e. The number of hydrogen-bond acceptors (Lipinski definition) is 2. The van der Waals surface area contributed by atoms with Gasteiger partial charge in [-0.2, -0.15) is 0 Å². The van der Waals surface area contributed by atoms with Crippen molar-refractivity contribution >= 4 is 0 Å². The summed E-state index contributed by atoms with van der Waals surface area (Å²) < 4.78 is 12.7. The van der Waals surface area contributed by atoms with E-state index < -0.39 is 0 Å². The number of aromatic nitrogens is 1. The second-order valence-electron chi connectivity index (χ2n) is 4.56. The maximum atomic E-state index is 12.7. The summed E-state index contributed by atoms with van der Waals surface area (Å²) in [6.07, 6.45) is 3.76. The van der Waals surface area contributed by atoms with Gasteiger partial charge < -0.3 is 5.32 Å². The van der Waals surface area contributed by atoms with Gasteiger partial charge in [-0.25, -0.2) is 4.39 Å². The van der Waals surface area contributed by atoms with E-state index in [0.717, 1.165) is 11.6 Å². The molecule has 0 spiro atoms. The minimum atomic E-state index is -0.275. The van der Waals surface area contributed by atoms with E-state index in [2.05, 4.69) is 24.1 Å². The van der Waals surface area contributed by atoms with Gasteiger partial charge in [0.05, 0.1) is 11.9 Å². The van der Waals surface area contributed by atoms with Gasteiger partial charge in [-0.3, -0.25) is 4.98 Å². The molecular formula is C12H17FN2. The summed E-state index contributed by atoms with van der Waals surface area (Å²) in [5, 5.41) is 3.50. The molecule has 1 aliphatic rings. The molecule has 1 aromatic rings. The summed E-state index contributed by atoms with van der Waals surface area (Å²) in [5.74, 6) is 0.569. The van der Waals surface area contributed by atoms with Gasteiger partial charge in [-0.05, 0) is 37.8 Å². The van der Waals surface area contributed by atoms with Gasteiger partial charge in [0.25, 0.3) is 0 Å². The van der Waals surface area contributed by atoms with E-state index in [1.807, 2.05) is 0 Å². The molecule has 1 heterocycles. The molecule has 1 fully saturated rings. The molecule has 2 nitrogen and oxygen atoms in total. The molecule has 1 unspecified atom stereocenters. The minimum absolute atomic E-state index is 0.211. The fourth-order valence-electron chi connectivity index (χ4n) is 2.12. The lowest BCUT2D eigenvalue weighted by atomic mass is 9.81. The third-order valence-corrected chi connectivity index (χ3v) is 3.05. The first-order valence-corrected chi connectivity index (χ1v) is 5.52. The van der Waals surface area contributed by atoms with Crippen molar-refractivity contribution in [1.82, 2.24) is 10.3 Å². The van der Waals surface area contributed by atoms with Crippen LogP contribution in [0.3, 0.4) is 0 Å². The Morgan fingerprint density at radius 3 is 2.73 bits per heavy atom. The van der Waals surface area contributed by atoms with Crippen molar-refractivity contribution in [3.8, 4) is 0 Å². The van der Waals surface area contributed by atoms with Crippen molar-refractivity contribution in [2.75, 3.05) is 0 Å². The van der Waals surface area contributed by atoms with E-state index in [1.54, 1.807) is 6.07 Å². The Bertz CT molecular complexity index is 317. The molecule has 0 aliphatic heterocycles. The highest BCUT2D eigenvalue weighted by atomic mass is 19.1. The van der Waals surface area contributed by atoms with Crippen LogP contribution in [0.4, 0.5) is 4.39 Å². The van der Waals surface area contributed by atoms with E-state index in [4.69, 9.17) is 0 Å². The van der Waals surface area contributed by atoms with Gasteiger partial charge in [-0.1, -0.05) is 6.92 Å². The SMILES string of the molecule is CC1CC(NC(C)c2ccc(F)cn2)C1. The van der Waals surface area contributed by atoms with E-state index in [-0.39, 0.29) is 11.9 Å². The average molecular weight is 208 g/mol. The summed E-state index contributed by atoms with van der Waals surface area (Å²) in [7, 11) is 0. The third-order valence-electron chi connectivity index (χ3n) is 3.05. The number of pyridine rings is 1. The average Bonchev–Trinajstić information content (AvgIpc) is 2.16. The topological polar surface area (TPSA) is 24.9 Å². The van der Waals surface area contributed by atoms with Gasteiger partial charge in [0.1, 0.15) is 5.82 Å². The van der Waals surface area contributed by atoms with Gasteiger partial charge in [0.2, 0.25) is 0 Å². The fourth-order valence-corrected chi connectivity index (χ4v) is 2.12.